The SMILES string of the molecule is Cn1c(=O)c(CNCCN2CCN(C(=O)OC(C)(C)C)CC2c2ccccc2)cc2ccccc21. The molecule has 1 atom stereocenters. The highest BCUT2D eigenvalue weighted by atomic mass is 16.6. The lowest BCUT2D eigenvalue weighted by Gasteiger charge is -2.42. The fraction of sp³-hybridized carbons (Fsp3) is 0.429. The molecule has 3 aromatic rings. The Morgan fingerprint density at radius 2 is 1.77 bits per heavy atom. The topological polar surface area (TPSA) is 66.8 Å². The van der Waals surface area contributed by atoms with E-state index in [0.717, 1.165) is 36.1 Å². The Balaban J connectivity index is 1.40. The van der Waals surface area contributed by atoms with Crippen LogP contribution >= 0.6 is 0 Å². The molecule has 1 fully saturated rings. The number of nitrogens with zero attached hydrogens (tertiary/aromatic N) is 3. The molecule has 7 nitrogen and oxygen atoms in total. The molecule has 0 spiro atoms. The van der Waals surface area contributed by atoms with E-state index < -0.39 is 5.60 Å². The normalized spacial score (nSPS) is 17.0. The van der Waals surface area contributed by atoms with Crippen LogP contribution in [-0.2, 0) is 18.3 Å². The van der Waals surface area contributed by atoms with Crippen LogP contribution in [0.5, 0.6) is 0 Å². The molecule has 2 aromatic carbocycles. The van der Waals surface area contributed by atoms with Crippen LogP contribution in [0.4, 0.5) is 4.79 Å². The molecule has 1 aliphatic rings. The van der Waals surface area contributed by atoms with Gasteiger partial charge >= 0.3 is 6.09 Å². The second-order valence-electron chi connectivity index (χ2n) is 10.2. The van der Waals surface area contributed by atoms with E-state index in [1.807, 2.05) is 81.2 Å². The lowest BCUT2D eigenvalue weighted by Crippen LogP contribution is -2.52. The third kappa shape index (κ3) is 6.10. The summed E-state index contributed by atoms with van der Waals surface area (Å²) in [5, 5.41) is 4.52. The largest absolute Gasteiger partial charge is 0.444 e. The first-order valence-electron chi connectivity index (χ1n) is 12.3. The molecule has 1 amide bonds. The first-order valence-corrected chi connectivity index (χ1v) is 12.3. The van der Waals surface area contributed by atoms with Gasteiger partial charge in [-0.05, 0) is 43.9 Å². The minimum atomic E-state index is -0.514. The summed E-state index contributed by atoms with van der Waals surface area (Å²) < 4.78 is 7.34. The molecule has 0 aliphatic carbocycles. The highest BCUT2D eigenvalue weighted by molar-refractivity contribution is 5.79. The number of piperazine rings is 1. The molecule has 0 radical (unpaired) electrons. The van der Waals surface area contributed by atoms with E-state index in [2.05, 4.69) is 22.3 Å². The van der Waals surface area contributed by atoms with Crippen molar-refractivity contribution in [3.63, 3.8) is 0 Å². The monoisotopic (exact) mass is 476 g/mol. The molecule has 186 valence electrons. The number of para-hydroxylation sites is 1. The Morgan fingerprint density at radius 3 is 2.51 bits per heavy atom. The summed E-state index contributed by atoms with van der Waals surface area (Å²) >= 11 is 0. The third-order valence-corrected chi connectivity index (χ3v) is 6.43. The number of carbonyl (C=O) groups excluding carboxylic acids is 1. The Hall–Kier alpha value is -3.16. The highest BCUT2D eigenvalue weighted by Crippen LogP contribution is 2.26. The molecule has 1 unspecified atom stereocenters. The number of rotatable bonds is 6. The van der Waals surface area contributed by atoms with Crippen LogP contribution < -0.4 is 10.9 Å². The number of hydrogen-bond donors (Lipinski definition) is 1. The lowest BCUT2D eigenvalue weighted by molar-refractivity contribution is 0.00363. The number of hydrogen-bond acceptors (Lipinski definition) is 5. The van der Waals surface area contributed by atoms with Crippen LogP contribution in [0.25, 0.3) is 10.9 Å². The van der Waals surface area contributed by atoms with Crippen LogP contribution in [0.2, 0.25) is 0 Å². The van der Waals surface area contributed by atoms with Crippen molar-refractivity contribution in [2.75, 3.05) is 32.7 Å². The fourth-order valence-corrected chi connectivity index (χ4v) is 4.63. The van der Waals surface area contributed by atoms with Crippen molar-refractivity contribution in [1.82, 2.24) is 19.7 Å². The number of benzene rings is 2. The van der Waals surface area contributed by atoms with E-state index in [-0.39, 0.29) is 17.7 Å². The zero-order valence-electron chi connectivity index (χ0n) is 21.2. The van der Waals surface area contributed by atoms with E-state index >= 15 is 0 Å². The van der Waals surface area contributed by atoms with Crippen LogP contribution in [0.3, 0.4) is 0 Å². The number of aromatic nitrogens is 1. The molecular weight excluding hydrogens is 440 g/mol. The second-order valence-corrected chi connectivity index (χ2v) is 10.2. The van der Waals surface area contributed by atoms with Gasteiger partial charge in [-0.25, -0.2) is 4.79 Å². The summed E-state index contributed by atoms with van der Waals surface area (Å²) in [5.41, 5.74) is 2.41. The quantitative estimate of drug-likeness (QED) is 0.546. The number of pyridine rings is 1. The predicted octanol–water partition coefficient (Wildman–Crippen LogP) is 3.92. The van der Waals surface area contributed by atoms with Gasteiger partial charge in [0.1, 0.15) is 5.60 Å². The maximum atomic E-state index is 12.8. The molecule has 0 saturated carbocycles. The lowest BCUT2D eigenvalue weighted by atomic mass is 10.0. The molecule has 1 aliphatic heterocycles. The van der Waals surface area contributed by atoms with Gasteiger partial charge in [0.05, 0.1) is 11.6 Å². The Bertz CT molecular complexity index is 1220. The van der Waals surface area contributed by atoms with E-state index in [9.17, 15) is 9.59 Å². The van der Waals surface area contributed by atoms with Gasteiger partial charge in [-0.2, -0.15) is 0 Å². The van der Waals surface area contributed by atoms with Crippen molar-refractivity contribution in [2.45, 2.75) is 39.0 Å². The van der Waals surface area contributed by atoms with Gasteiger partial charge in [0, 0.05) is 51.9 Å². The molecule has 7 heteroatoms. The standard InChI is InChI=1S/C28H36N4O3/c1-28(2,3)35-27(34)32-17-16-31(25(20-32)21-10-6-5-7-11-21)15-14-29-19-23-18-22-12-8-9-13-24(22)30(4)26(23)33/h5-13,18,25,29H,14-17,19-20H2,1-4H3. The van der Waals surface area contributed by atoms with Gasteiger partial charge in [0.2, 0.25) is 0 Å². The minimum absolute atomic E-state index is 0.0318. The van der Waals surface area contributed by atoms with Gasteiger partial charge in [-0.15, -0.1) is 0 Å². The Morgan fingerprint density at radius 1 is 1.06 bits per heavy atom. The van der Waals surface area contributed by atoms with Gasteiger partial charge in [-0.1, -0.05) is 48.5 Å². The number of fused-ring (bicyclic) bond motifs is 1. The van der Waals surface area contributed by atoms with Gasteiger partial charge in [-0.3, -0.25) is 9.69 Å². The van der Waals surface area contributed by atoms with Crippen molar-refractivity contribution in [1.29, 1.82) is 0 Å². The van der Waals surface area contributed by atoms with E-state index in [0.29, 0.717) is 19.6 Å². The molecule has 1 N–H and O–H groups in total. The zero-order chi connectivity index (χ0) is 25.0. The minimum Gasteiger partial charge on any atom is -0.444 e. The number of ether oxygens (including phenoxy) is 1. The van der Waals surface area contributed by atoms with Crippen LogP contribution in [0, 0.1) is 0 Å². The summed E-state index contributed by atoms with van der Waals surface area (Å²) in [5.74, 6) is 0. The molecule has 2 heterocycles. The molecule has 1 aromatic heterocycles. The Labute approximate surface area is 207 Å². The Kier molecular flexibility index (Phi) is 7.57. The van der Waals surface area contributed by atoms with Gasteiger partial charge in [0.25, 0.3) is 5.56 Å². The average Bonchev–Trinajstić information content (AvgIpc) is 2.84. The average molecular weight is 477 g/mol. The summed E-state index contributed by atoms with van der Waals surface area (Å²) in [4.78, 5) is 29.7. The fourth-order valence-electron chi connectivity index (χ4n) is 4.63. The van der Waals surface area contributed by atoms with Crippen molar-refractivity contribution in [3.8, 4) is 0 Å². The maximum absolute atomic E-state index is 12.8. The summed E-state index contributed by atoms with van der Waals surface area (Å²) in [6.07, 6.45) is -0.261. The number of aryl methyl sites for hydroxylation is 1. The van der Waals surface area contributed by atoms with Crippen molar-refractivity contribution >= 4 is 17.0 Å². The molecular formula is C28H36N4O3. The highest BCUT2D eigenvalue weighted by Gasteiger charge is 2.32. The molecule has 1 saturated heterocycles. The van der Waals surface area contributed by atoms with Crippen molar-refractivity contribution in [2.24, 2.45) is 7.05 Å². The number of carbonyl (C=O) groups is 1. The molecule has 4 rings (SSSR count). The molecule has 35 heavy (non-hydrogen) atoms. The van der Waals surface area contributed by atoms with Crippen LogP contribution in [-0.4, -0.2) is 58.8 Å². The van der Waals surface area contributed by atoms with Crippen LogP contribution in [0.1, 0.15) is 37.9 Å². The van der Waals surface area contributed by atoms with Crippen molar-refractivity contribution in [3.05, 3.63) is 82.1 Å². The third-order valence-electron chi connectivity index (χ3n) is 6.43. The van der Waals surface area contributed by atoms with Gasteiger partial charge in [0.15, 0.2) is 0 Å². The summed E-state index contributed by atoms with van der Waals surface area (Å²) in [6, 6.07) is 20.3. The first kappa shape index (κ1) is 24.9. The predicted molar refractivity (Wildman–Crippen MR) is 139 cm³/mol. The smallest absolute Gasteiger partial charge is 0.410 e. The summed E-state index contributed by atoms with van der Waals surface area (Å²) in [7, 11) is 1.82. The number of amides is 1. The molecule has 0 bridgehead atoms. The number of nitrogens with one attached hydrogen (secondary N) is 1. The first-order chi connectivity index (χ1) is 16.7. The zero-order valence-corrected chi connectivity index (χ0v) is 21.2. The van der Waals surface area contributed by atoms with E-state index in [4.69, 9.17) is 4.74 Å². The van der Waals surface area contributed by atoms with E-state index in [1.54, 1.807) is 4.57 Å². The second kappa shape index (κ2) is 10.6. The van der Waals surface area contributed by atoms with E-state index in [1.165, 1.54) is 5.56 Å². The van der Waals surface area contributed by atoms with Crippen LogP contribution in [0.15, 0.2) is 65.5 Å². The summed E-state index contributed by atoms with van der Waals surface area (Å²) in [6.45, 7) is 9.73. The maximum Gasteiger partial charge on any atom is 0.410 e. The van der Waals surface area contributed by atoms with Crippen molar-refractivity contribution < 1.29 is 9.53 Å². The van der Waals surface area contributed by atoms with Gasteiger partial charge < -0.3 is 19.5 Å².